The zero-order valence-corrected chi connectivity index (χ0v) is 13.7. The molecule has 0 radical (unpaired) electrons. The van der Waals surface area contributed by atoms with E-state index in [4.69, 9.17) is 0 Å². The molecule has 2 saturated carbocycles. The molecule has 1 aromatic rings. The second-order valence-corrected chi connectivity index (χ2v) is 7.11. The normalized spacial score (nSPS) is 27.6. The van der Waals surface area contributed by atoms with Crippen molar-refractivity contribution in [3.63, 3.8) is 0 Å². The number of hydrogen-bond donors (Lipinski definition) is 2. The van der Waals surface area contributed by atoms with E-state index in [2.05, 4.69) is 0 Å². The summed E-state index contributed by atoms with van der Waals surface area (Å²) in [5.74, 6) is -2.94. The van der Waals surface area contributed by atoms with Gasteiger partial charge in [-0.05, 0) is 49.3 Å². The van der Waals surface area contributed by atoms with Crippen LogP contribution in [0.1, 0.15) is 36.8 Å². The van der Waals surface area contributed by atoms with E-state index in [0.717, 1.165) is 6.42 Å². The van der Waals surface area contributed by atoms with Gasteiger partial charge in [-0.25, -0.2) is 0 Å². The van der Waals surface area contributed by atoms with E-state index in [0.29, 0.717) is 25.0 Å². The summed E-state index contributed by atoms with van der Waals surface area (Å²) in [5, 5.41) is 11.6. The zero-order valence-electron chi connectivity index (χ0n) is 13.7. The van der Waals surface area contributed by atoms with Crippen molar-refractivity contribution in [2.45, 2.75) is 38.0 Å². The van der Waals surface area contributed by atoms with E-state index in [1.165, 1.54) is 0 Å². The Labute approximate surface area is 149 Å². The SMILES string of the molecule is O=C(O)C1(C(=O)Nc2cc(C(F)(F)F)cc(C(F)(F)F)c2)C[C@@H]2CC[C@H]1C2. The van der Waals surface area contributed by atoms with Gasteiger partial charge in [0.05, 0.1) is 11.1 Å². The van der Waals surface area contributed by atoms with Gasteiger partial charge in [-0.2, -0.15) is 26.3 Å². The number of anilines is 1. The molecule has 1 amide bonds. The lowest BCUT2D eigenvalue weighted by Gasteiger charge is -2.32. The van der Waals surface area contributed by atoms with Crippen LogP contribution in [-0.2, 0) is 21.9 Å². The molecule has 2 fully saturated rings. The average Bonchev–Trinajstić information content (AvgIpc) is 3.14. The third-order valence-electron chi connectivity index (χ3n) is 5.48. The third kappa shape index (κ3) is 3.37. The van der Waals surface area contributed by atoms with Crippen molar-refractivity contribution in [1.82, 2.24) is 0 Å². The van der Waals surface area contributed by atoms with Crippen LogP contribution in [0.5, 0.6) is 0 Å². The standard InChI is InChI=1S/C17H15F6NO3/c18-16(19,20)10-4-11(17(21,22)23)6-12(5-10)24-13(25)15(14(26)27)7-8-1-2-9(15)3-8/h4-6,8-9H,1-3,7H2,(H,24,25)(H,26,27)/t8-,9+,15?/m1/s1. The Kier molecular flexibility index (Phi) is 4.43. The molecule has 0 spiro atoms. The number of fused-ring (bicyclic) bond motifs is 2. The minimum atomic E-state index is -5.06. The second-order valence-electron chi connectivity index (χ2n) is 7.11. The number of carboxylic acid groups (broad SMARTS) is 1. The molecule has 2 N–H and O–H groups in total. The number of alkyl halides is 6. The van der Waals surface area contributed by atoms with E-state index in [1.807, 2.05) is 5.32 Å². The van der Waals surface area contributed by atoms with E-state index < -0.39 is 52.4 Å². The number of nitrogens with one attached hydrogen (secondary N) is 1. The summed E-state index contributed by atoms with van der Waals surface area (Å²) in [6.45, 7) is 0. The number of aliphatic carboxylic acids is 1. The molecule has 3 rings (SSSR count). The lowest BCUT2D eigenvalue weighted by Crippen LogP contribution is -2.47. The predicted octanol–water partition coefficient (Wildman–Crippen LogP) is 4.55. The lowest BCUT2D eigenvalue weighted by molar-refractivity contribution is -0.158. The summed E-state index contributed by atoms with van der Waals surface area (Å²) in [6, 6.07) is 0.686. The maximum atomic E-state index is 12.9. The lowest BCUT2D eigenvalue weighted by atomic mass is 9.72. The van der Waals surface area contributed by atoms with Gasteiger partial charge < -0.3 is 10.4 Å². The number of carboxylic acids is 1. The fourth-order valence-electron chi connectivity index (χ4n) is 4.24. The van der Waals surface area contributed by atoms with E-state index in [1.54, 1.807) is 0 Å². The molecule has 10 heteroatoms. The number of carbonyl (C=O) groups is 2. The summed E-state index contributed by atoms with van der Waals surface area (Å²) in [5.41, 5.74) is -5.71. The highest BCUT2D eigenvalue weighted by atomic mass is 19.4. The van der Waals surface area contributed by atoms with Crippen molar-refractivity contribution < 1.29 is 41.0 Å². The van der Waals surface area contributed by atoms with Gasteiger partial charge in [0.15, 0.2) is 0 Å². The fourth-order valence-corrected chi connectivity index (χ4v) is 4.24. The highest BCUT2D eigenvalue weighted by molar-refractivity contribution is 6.09. The maximum absolute atomic E-state index is 12.9. The maximum Gasteiger partial charge on any atom is 0.416 e. The second kappa shape index (κ2) is 6.13. The van der Waals surface area contributed by atoms with Gasteiger partial charge in [0, 0.05) is 5.69 Å². The molecule has 4 nitrogen and oxygen atoms in total. The Morgan fingerprint density at radius 2 is 1.56 bits per heavy atom. The molecule has 2 bridgehead atoms. The summed E-state index contributed by atoms with van der Waals surface area (Å²) >= 11 is 0. The topological polar surface area (TPSA) is 66.4 Å². The first-order valence-electron chi connectivity index (χ1n) is 8.18. The van der Waals surface area contributed by atoms with Crippen LogP contribution in [0.4, 0.5) is 32.0 Å². The van der Waals surface area contributed by atoms with Gasteiger partial charge in [-0.3, -0.25) is 9.59 Å². The molecule has 0 aliphatic heterocycles. The van der Waals surface area contributed by atoms with Crippen LogP contribution in [0.3, 0.4) is 0 Å². The monoisotopic (exact) mass is 395 g/mol. The first kappa shape index (κ1) is 19.5. The van der Waals surface area contributed by atoms with E-state index in [9.17, 15) is 41.0 Å². The first-order valence-corrected chi connectivity index (χ1v) is 8.18. The first-order chi connectivity index (χ1) is 12.3. The molecular weight excluding hydrogens is 380 g/mol. The van der Waals surface area contributed by atoms with Crippen molar-refractivity contribution in [2.24, 2.45) is 17.3 Å². The van der Waals surface area contributed by atoms with Crippen LogP contribution in [0.15, 0.2) is 18.2 Å². The number of rotatable bonds is 3. The Balaban J connectivity index is 1.97. The van der Waals surface area contributed by atoms with Crippen LogP contribution in [0.2, 0.25) is 0 Å². The molecule has 1 unspecified atom stereocenters. The highest BCUT2D eigenvalue weighted by Crippen LogP contribution is 2.56. The van der Waals surface area contributed by atoms with Crippen molar-refractivity contribution in [1.29, 1.82) is 0 Å². The molecule has 148 valence electrons. The Morgan fingerprint density at radius 3 is 1.93 bits per heavy atom. The van der Waals surface area contributed by atoms with Gasteiger partial charge in [0.25, 0.3) is 0 Å². The largest absolute Gasteiger partial charge is 0.480 e. The third-order valence-corrected chi connectivity index (χ3v) is 5.48. The van der Waals surface area contributed by atoms with Gasteiger partial charge in [-0.1, -0.05) is 6.42 Å². The summed E-state index contributed by atoms with van der Waals surface area (Å²) in [4.78, 5) is 24.4. The molecule has 1 aromatic carbocycles. The van der Waals surface area contributed by atoms with Crippen LogP contribution in [0.25, 0.3) is 0 Å². The minimum absolute atomic E-state index is 0.0177. The molecule has 2 aliphatic rings. The zero-order chi connectivity index (χ0) is 20.2. The summed E-state index contributed by atoms with van der Waals surface area (Å²) in [6.07, 6.45) is -8.33. The van der Waals surface area contributed by atoms with Crippen LogP contribution in [-0.4, -0.2) is 17.0 Å². The van der Waals surface area contributed by atoms with E-state index in [-0.39, 0.29) is 18.4 Å². The number of amides is 1. The molecule has 0 aromatic heterocycles. The molecular formula is C17H15F6NO3. The smallest absolute Gasteiger partial charge is 0.416 e. The molecule has 0 saturated heterocycles. The highest BCUT2D eigenvalue weighted by Gasteiger charge is 2.60. The quantitative estimate of drug-likeness (QED) is 0.583. The number of benzene rings is 1. The number of hydrogen-bond acceptors (Lipinski definition) is 2. The average molecular weight is 395 g/mol. The summed E-state index contributed by atoms with van der Waals surface area (Å²) < 4.78 is 77.6. The van der Waals surface area contributed by atoms with Gasteiger partial charge in [-0.15, -0.1) is 0 Å². The Hall–Kier alpha value is -2.26. The molecule has 0 heterocycles. The Morgan fingerprint density at radius 1 is 1.00 bits per heavy atom. The van der Waals surface area contributed by atoms with Crippen LogP contribution >= 0.6 is 0 Å². The summed E-state index contributed by atoms with van der Waals surface area (Å²) in [7, 11) is 0. The number of carbonyl (C=O) groups excluding carboxylic acids is 1. The van der Waals surface area contributed by atoms with Crippen molar-refractivity contribution in [2.75, 3.05) is 5.32 Å². The predicted molar refractivity (Wildman–Crippen MR) is 80.6 cm³/mol. The molecule has 27 heavy (non-hydrogen) atoms. The van der Waals surface area contributed by atoms with Crippen LogP contribution in [0, 0.1) is 17.3 Å². The fraction of sp³-hybridized carbons (Fsp3) is 0.529. The van der Waals surface area contributed by atoms with Crippen molar-refractivity contribution >= 4 is 17.6 Å². The Bertz CT molecular complexity index is 756. The van der Waals surface area contributed by atoms with Gasteiger partial charge in [0.1, 0.15) is 5.41 Å². The molecule has 3 atom stereocenters. The van der Waals surface area contributed by atoms with Crippen molar-refractivity contribution in [3.8, 4) is 0 Å². The molecule has 2 aliphatic carbocycles. The number of halogens is 6. The van der Waals surface area contributed by atoms with Gasteiger partial charge >= 0.3 is 18.3 Å². The minimum Gasteiger partial charge on any atom is -0.480 e. The van der Waals surface area contributed by atoms with Crippen molar-refractivity contribution in [3.05, 3.63) is 29.3 Å². The van der Waals surface area contributed by atoms with Gasteiger partial charge in [0.2, 0.25) is 5.91 Å². The van der Waals surface area contributed by atoms with Crippen LogP contribution < -0.4 is 5.32 Å². The van der Waals surface area contributed by atoms with E-state index >= 15 is 0 Å².